The van der Waals surface area contributed by atoms with Gasteiger partial charge in [0.25, 0.3) is 0 Å². The number of alkyl halides is 2. The van der Waals surface area contributed by atoms with Crippen LogP contribution < -0.4 is 24.3 Å². The molecule has 0 radical (unpaired) electrons. The van der Waals surface area contributed by atoms with E-state index in [1.807, 2.05) is 6.92 Å². The molecule has 2 aromatic carbocycles. The standard InChI is InChI=1S/C21H23F2NO5/c1-13(16-12-15(26-2)7-9-17(16)27-3)24-20(25)10-6-14-5-8-18(29-21(22)23)19(11-14)28-4/h5-13,21H,1-4H3,(H,24,25)/b10-6+. The third-order valence-corrected chi connectivity index (χ3v) is 4.09. The van der Waals surface area contributed by atoms with E-state index in [0.29, 0.717) is 17.1 Å². The average Bonchev–Trinajstić information content (AvgIpc) is 2.71. The van der Waals surface area contributed by atoms with Gasteiger partial charge in [0.2, 0.25) is 5.91 Å². The van der Waals surface area contributed by atoms with Gasteiger partial charge in [-0.2, -0.15) is 8.78 Å². The molecule has 0 aliphatic heterocycles. The van der Waals surface area contributed by atoms with E-state index in [2.05, 4.69) is 10.1 Å². The highest BCUT2D eigenvalue weighted by Gasteiger charge is 2.14. The zero-order chi connectivity index (χ0) is 21.4. The lowest BCUT2D eigenvalue weighted by Gasteiger charge is -2.17. The molecule has 0 saturated carbocycles. The number of carbonyl (C=O) groups excluding carboxylic acids is 1. The van der Waals surface area contributed by atoms with Crippen LogP contribution in [0.25, 0.3) is 6.08 Å². The Morgan fingerprint density at radius 1 is 0.966 bits per heavy atom. The van der Waals surface area contributed by atoms with Gasteiger partial charge in [-0.05, 0) is 48.9 Å². The molecule has 8 heteroatoms. The van der Waals surface area contributed by atoms with Crippen LogP contribution in [0.2, 0.25) is 0 Å². The van der Waals surface area contributed by atoms with E-state index in [1.165, 1.54) is 25.3 Å². The molecule has 0 spiro atoms. The van der Waals surface area contributed by atoms with Gasteiger partial charge in [0.1, 0.15) is 11.5 Å². The molecule has 0 aliphatic rings. The van der Waals surface area contributed by atoms with Crippen molar-refractivity contribution in [2.75, 3.05) is 21.3 Å². The maximum absolute atomic E-state index is 12.4. The second kappa shape index (κ2) is 10.3. The number of amides is 1. The van der Waals surface area contributed by atoms with Crippen molar-refractivity contribution in [3.8, 4) is 23.0 Å². The Balaban J connectivity index is 2.09. The molecule has 0 fully saturated rings. The highest BCUT2D eigenvalue weighted by Crippen LogP contribution is 2.30. The fourth-order valence-electron chi connectivity index (χ4n) is 2.67. The lowest BCUT2D eigenvalue weighted by atomic mass is 10.1. The number of carbonyl (C=O) groups is 1. The zero-order valence-corrected chi connectivity index (χ0v) is 16.6. The molecule has 0 bridgehead atoms. The lowest BCUT2D eigenvalue weighted by molar-refractivity contribution is -0.117. The molecule has 156 valence electrons. The minimum Gasteiger partial charge on any atom is -0.497 e. The van der Waals surface area contributed by atoms with Gasteiger partial charge in [-0.15, -0.1) is 0 Å². The molecular weight excluding hydrogens is 384 g/mol. The summed E-state index contributed by atoms with van der Waals surface area (Å²) in [7, 11) is 4.45. The predicted molar refractivity (Wildman–Crippen MR) is 105 cm³/mol. The van der Waals surface area contributed by atoms with Gasteiger partial charge in [0.05, 0.1) is 27.4 Å². The summed E-state index contributed by atoms with van der Waals surface area (Å²) in [6.07, 6.45) is 2.88. The summed E-state index contributed by atoms with van der Waals surface area (Å²) >= 11 is 0. The summed E-state index contributed by atoms with van der Waals surface area (Å²) in [4.78, 5) is 12.3. The first-order valence-electron chi connectivity index (χ1n) is 8.71. The highest BCUT2D eigenvalue weighted by molar-refractivity contribution is 5.92. The third kappa shape index (κ3) is 6.10. The summed E-state index contributed by atoms with van der Waals surface area (Å²) in [5.74, 6) is 0.997. The first-order valence-corrected chi connectivity index (χ1v) is 8.71. The van der Waals surface area contributed by atoms with Gasteiger partial charge in [-0.1, -0.05) is 6.07 Å². The van der Waals surface area contributed by atoms with Gasteiger partial charge in [-0.25, -0.2) is 0 Å². The number of halogens is 2. The minimum atomic E-state index is -2.95. The van der Waals surface area contributed by atoms with Gasteiger partial charge < -0.3 is 24.3 Å². The van der Waals surface area contributed by atoms with Crippen molar-refractivity contribution in [1.29, 1.82) is 0 Å². The molecule has 0 heterocycles. The molecule has 0 saturated heterocycles. The van der Waals surface area contributed by atoms with E-state index in [9.17, 15) is 13.6 Å². The monoisotopic (exact) mass is 407 g/mol. The smallest absolute Gasteiger partial charge is 0.387 e. The number of hydrogen-bond acceptors (Lipinski definition) is 5. The van der Waals surface area contributed by atoms with E-state index in [0.717, 1.165) is 5.56 Å². The largest absolute Gasteiger partial charge is 0.497 e. The SMILES string of the molecule is COc1ccc(OC)c(C(C)NC(=O)/C=C/c2ccc(OC(F)F)c(OC)c2)c1. The van der Waals surface area contributed by atoms with Gasteiger partial charge in [-0.3, -0.25) is 4.79 Å². The Kier molecular flexibility index (Phi) is 7.82. The molecule has 0 aromatic heterocycles. The van der Waals surface area contributed by atoms with Crippen molar-refractivity contribution in [3.05, 3.63) is 53.6 Å². The summed E-state index contributed by atoms with van der Waals surface area (Å²) in [6.45, 7) is -1.13. The highest BCUT2D eigenvalue weighted by atomic mass is 19.3. The van der Waals surface area contributed by atoms with Crippen LogP contribution in [0.4, 0.5) is 8.78 Å². The van der Waals surface area contributed by atoms with Gasteiger partial charge in [0, 0.05) is 11.6 Å². The van der Waals surface area contributed by atoms with Crippen molar-refractivity contribution < 1.29 is 32.5 Å². The Labute approximate surface area is 168 Å². The van der Waals surface area contributed by atoms with Gasteiger partial charge in [0.15, 0.2) is 11.5 Å². The van der Waals surface area contributed by atoms with Crippen molar-refractivity contribution >= 4 is 12.0 Å². The second-order valence-corrected chi connectivity index (χ2v) is 5.96. The molecule has 1 unspecified atom stereocenters. The number of nitrogens with one attached hydrogen (secondary N) is 1. The topological polar surface area (TPSA) is 66.0 Å². The van der Waals surface area contributed by atoms with E-state index < -0.39 is 6.61 Å². The maximum Gasteiger partial charge on any atom is 0.387 e. The van der Waals surface area contributed by atoms with E-state index in [-0.39, 0.29) is 23.4 Å². The van der Waals surface area contributed by atoms with Crippen LogP contribution in [0.15, 0.2) is 42.5 Å². The van der Waals surface area contributed by atoms with Crippen LogP contribution in [0.3, 0.4) is 0 Å². The number of methoxy groups -OCH3 is 3. The van der Waals surface area contributed by atoms with Crippen molar-refractivity contribution in [2.24, 2.45) is 0 Å². The fourth-order valence-corrected chi connectivity index (χ4v) is 2.67. The molecule has 2 rings (SSSR count). The third-order valence-electron chi connectivity index (χ3n) is 4.09. The van der Waals surface area contributed by atoms with Crippen LogP contribution >= 0.6 is 0 Å². The Morgan fingerprint density at radius 2 is 1.66 bits per heavy atom. The molecule has 1 atom stereocenters. The molecule has 2 aromatic rings. The van der Waals surface area contributed by atoms with Crippen molar-refractivity contribution in [2.45, 2.75) is 19.6 Å². The number of benzene rings is 2. The second-order valence-electron chi connectivity index (χ2n) is 5.96. The number of hydrogen-bond donors (Lipinski definition) is 1. The van der Waals surface area contributed by atoms with Crippen LogP contribution in [-0.2, 0) is 4.79 Å². The molecule has 6 nitrogen and oxygen atoms in total. The van der Waals surface area contributed by atoms with Crippen LogP contribution in [0, 0.1) is 0 Å². The Morgan fingerprint density at radius 3 is 2.28 bits per heavy atom. The molecule has 0 aliphatic carbocycles. The van der Waals surface area contributed by atoms with Crippen LogP contribution in [0.5, 0.6) is 23.0 Å². The van der Waals surface area contributed by atoms with Crippen LogP contribution in [0.1, 0.15) is 24.1 Å². The molecule has 29 heavy (non-hydrogen) atoms. The Hall–Kier alpha value is -3.29. The maximum atomic E-state index is 12.4. The van der Waals surface area contributed by atoms with Crippen molar-refractivity contribution in [1.82, 2.24) is 5.32 Å². The first kappa shape index (κ1) is 22.0. The molecular formula is C21H23F2NO5. The molecule has 1 amide bonds. The quantitative estimate of drug-likeness (QED) is 0.631. The Bertz CT molecular complexity index is 870. The van der Waals surface area contributed by atoms with E-state index >= 15 is 0 Å². The average molecular weight is 407 g/mol. The summed E-state index contributed by atoms with van der Waals surface area (Å²) in [6, 6.07) is 9.38. The van der Waals surface area contributed by atoms with Gasteiger partial charge >= 0.3 is 6.61 Å². The van der Waals surface area contributed by atoms with Crippen LogP contribution in [-0.4, -0.2) is 33.8 Å². The summed E-state index contributed by atoms with van der Waals surface area (Å²) in [5.41, 5.74) is 1.36. The lowest BCUT2D eigenvalue weighted by Crippen LogP contribution is -2.25. The first-order chi connectivity index (χ1) is 13.9. The summed E-state index contributed by atoms with van der Waals surface area (Å²) in [5, 5.41) is 2.84. The molecule has 1 N–H and O–H groups in total. The fraction of sp³-hybridized carbons (Fsp3) is 0.286. The normalized spacial score (nSPS) is 12.0. The van der Waals surface area contributed by atoms with E-state index in [4.69, 9.17) is 14.2 Å². The van der Waals surface area contributed by atoms with Crippen molar-refractivity contribution in [3.63, 3.8) is 0 Å². The number of ether oxygens (including phenoxy) is 4. The van der Waals surface area contributed by atoms with E-state index in [1.54, 1.807) is 44.6 Å². The predicted octanol–water partition coefficient (Wildman–Crippen LogP) is 4.20. The summed E-state index contributed by atoms with van der Waals surface area (Å²) < 4.78 is 44.8. The minimum absolute atomic E-state index is 0.0807. The number of rotatable bonds is 9. The zero-order valence-electron chi connectivity index (χ0n) is 16.6.